The third-order valence-electron chi connectivity index (χ3n) is 3.67. The highest BCUT2D eigenvalue weighted by Gasteiger charge is 2.21. The van der Waals surface area contributed by atoms with Gasteiger partial charge in [-0.05, 0) is 19.4 Å². The van der Waals surface area contributed by atoms with Crippen LogP contribution in [0, 0.1) is 0 Å². The van der Waals surface area contributed by atoms with E-state index in [9.17, 15) is 0 Å². The van der Waals surface area contributed by atoms with E-state index in [2.05, 4.69) is 33.6 Å². The Bertz CT molecular complexity index is 377. The summed E-state index contributed by atoms with van der Waals surface area (Å²) in [5.41, 5.74) is 0.685. The molecule has 1 aliphatic heterocycles. The maximum absolute atomic E-state index is 9.09. The second kappa shape index (κ2) is 6.11. The molecule has 1 atom stereocenters. The van der Waals surface area contributed by atoms with Crippen LogP contribution in [0.4, 0.5) is 5.95 Å². The predicted molar refractivity (Wildman–Crippen MR) is 71.5 cm³/mol. The van der Waals surface area contributed by atoms with Crippen LogP contribution in [0.5, 0.6) is 0 Å². The van der Waals surface area contributed by atoms with E-state index in [1.807, 2.05) is 0 Å². The molecule has 0 bridgehead atoms. The van der Waals surface area contributed by atoms with Gasteiger partial charge in [0.05, 0.1) is 12.3 Å². The van der Waals surface area contributed by atoms with Gasteiger partial charge in [0.15, 0.2) is 0 Å². The minimum absolute atomic E-state index is 0.0254. The number of aliphatic hydroxyl groups excluding tert-OH is 1. The zero-order chi connectivity index (χ0) is 13.0. The summed E-state index contributed by atoms with van der Waals surface area (Å²) in [5, 5.41) is 9.09. The molecule has 1 N–H and O–H groups in total. The normalized spacial score (nSPS) is 18.9. The van der Waals surface area contributed by atoms with E-state index in [4.69, 9.17) is 5.11 Å². The van der Waals surface area contributed by atoms with Crippen LogP contribution in [0.15, 0.2) is 12.3 Å². The fourth-order valence-electron chi connectivity index (χ4n) is 2.25. The van der Waals surface area contributed by atoms with Crippen molar-refractivity contribution in [2.75, 3.05) is 31.1 Å². The van der Waals surface area contributed by atoms with Crippen LogP contribution in [0.2, 0.25) is 0 Å². The van der Waals surface area contributed by atoms with Crippen LogP contribution in [0.1, 0.15) is 26.0 Å². The molecule has 0 spiro atoms. The lowest BCUT2D eigenvalue weighted by molar-refractivity contribution is 0.192. The molecule has 0 amide bonds. The molecular weight excluding hydrogens is 228 g/mol. The fourth-order valence-corrected chi connectivity index (χ4v) is 2.25. The van der Waals surface area contributed by atoms with Gasteiger partial charge in [-0.25, -0.2) is 9.97 Å². The lowest BCUT2D eigenvalue weighted by atomic mass is 10.2. The molecule has 100 valence electrons. The second-order valence-corrected chi connectivity index (χ2v) is 4.79. The minimum Gasteiger partial charge on any atom is -0.390 e. The second-order valence-electron chi connectivity index (χ2n) is 4.79. The van der Waals surface area contributed by atoms with Gasteiger partial charge in [0, 0.05) is 38.4 Å². The maximum Gasteiger partial charge on any atom is 0.225 e. The zero-order valence-corrected chi connectivity index (χ0v) is 11.2. The molecule has 0 aromatic carbocycles. The van der Waals surface area contributed by atoms with Crippen LogP contribution in [0.3, 0.4) is 0 Å². The SMILES string of the molecule is CCC(C)N1CCN(c2nccc(CO)n2)CC1. The summed E-state index contributed by atoms with van der Waals surface area (Å²) in [7, 11) is 0. The van der Waals surface area contributed by atoms with Crippen molar-refractivity contribution in [1.29, 1.82) is 0 Å². The molecule has 1 fully saturated rings. The first-order chi connectivity index (χ1) is 8.74. The van der Waals surface area contributed by atoms with Gasteiger partial charge in [0.25, 0.3) is 0 Å². The first kappa shape index (κ1) is 13.2. The Balaban J connectivity index is 1.96. The first-order valence-electron chi connectivity index (χ1n) is 6.66. The third kappa shape index (κ3) is 2.97. The summed E-state index contributed by atoms with van der Waals surface area (Å²) in [4.78, 5) is 13.3. The number of anilines is 1. The van der Waals surface area contributed by atoms with Gasteiger partial charge in [0.1, 0.15) is 0 Å². The highest BCUT2D eigenvalue weighted by Crippen LogP contribution is 2.13. The van der Waals surface area contributed by atoms with Gasteiger partial charge in [-0.3, -0.25) is 4.90 Å². The van der Waals surface area contributed by atoms with E-state index in [0.717, 1.165) is 32.1 Å². The van der Waals surface area contributed by atoms with Crippen molar-refractivity contribution >= 4 is 5.95 Å². The van der Waals surface area contributed by atoms with Gasteiger partial charge in [0.2, 0.25) is 5.95 Å². The molecule has 1 saturated heterocycles. The smallest absolute Gasteiger partial charge is 0.225 e. The highest BCUT2D eigenvalue weighted by molar-refractivity contribution is 5.31. The summed E-state index contributed by atoms with van der Waals surface area (Å²) in [5.74, 6) is 0.741. The summed E-state index contributed by atoms with van der Waals surface area (Å²) in [6.45, 7) is 8.51. The molecule has 0 aliphatic carbocycles. The Morgan fingerprint density at radius 2 is 2.06 bits per heavy atom. The zero-order valence-electron chi connectivity index (χ0n) is 11.2. The molecule has 5 nitrogen and oxygen atoms in total. The number of aromatic nitrogens is 2. The van der Waals surface area contributed by atoms with Gasteiger partial charge in [-0.2, -0.15) is 0 Å². The van der Waals surface area contributed by atoms with E-state index in [1.165, 1.54) is 6.42 Å². The Labute approximate surface area is 108 Å². The highest BCUT2D eigenvalue weighted by atomic mass is 16.3. The molecule has 0 saturated carbocycles. The summed E-state index contributed by atoms with van der Waals surface area (Å²) >= 11 is 0. The van der Waals surface area contributed by atoms with E-state index < -0.39 is 0 Å². The number of hydrogen-bond acceptors (Lipinski definition) is 5. The molecule has 0 radical (unpaired) electrons. The minimum atomic E-state index is -0.0254. The van der Waals surface area contributed by atoms with Gasteiger partial charge in [-0.15, -0.1) is 0 Å². The number of piperazine rings is 1. The lowest BCUT2D eigenvalue weighted by Gasteiger charge is -2.37. The largest absolute Gasteiger partial charge is 0.390 e. The molecule has 2 rings (SSSR count). The molecule has 1 aromatic heterocycles. The average Bonchev–Trinajstić information content (AvgIpc) is 2.46. The number of nitrogens with zero attached hydrogens (tertiary/aromatic N) is 4. The molecule has 5 heteroatoms. The lowest BCUT2D eigenvalue weighted by Crippen LogP contribution is -2.50. The standard InChI is InChI=1S/C13H22N4O/c1-3-11(2)16-6-8-17(9-7-16)13-14-5-4-12(10-18)15-13/h4-5,11,18H,3,6-10H2,1-2H3. The predicted octanol–water partition coefficient (Wildman–Crippen LogP) is 0.889. The van der Waals surface area contributed by atoms with Crippen molar-refractivity contribution in [2.24, 2.45) is 0 Å². The van der Waals surface area contributed by atoms with Crippen molar-refractivity contribution in [3.8, 4) is 0 Å². The molecule has 2 heterocycles. The Kier molecular flexibility index (Phi) is 4.49. The van der Waals surface area contributed by atoms with Crippen LogP contribution >= 0.6 is 0 Å². The summed E-state index contributed by atoms with van der Waals surface area (Å²) in [6.07, 6.45) is 2.91. The van der Waals surface area contributed by atoms with E-state index in [0.29, 0.717) is 11.7 Å². The van der Waals surface area contributed by atoms with Crippen LogP contribution < -0.4 is 4.90 Å². The van der Waals surface area contributed by atoms with E-state index in [-0.39, 0.29) is 6.61 Å². The Morgan fingerprint density at radius 1 is 1.33 bits per heavy atom. The quantitative estimate of drug-likeness (QED) is 0.860. The average molecular weight is 250 g/mol. The van der Waals surface area contributed by atoms with Gasteiger partial charge >= 0.3 is 0 Å². The van der Waals surface area contributed by atoms with Crippen molar-refractivity contribution in [3.05, 3.63) is 18.0 Å². The maximum atomic E-state index is 9.09. The number of aliphatic hydroxyl groups is 1. The van der Waals surface area contributed by atoms with Crippen molar-refractivity contribution in [3.63, 3.8) is 0 Å². The van der Waals surface area contributed by atoms with Gasteiger partial charge < -0.3 is 10.0 Å². The number of rotatable bonds is 4. The van der Waals surface area contributed by atoms with Crippen molar-refractivity contribution < 1.29 is 5.11 Å². The van der Waals surface area contributed by atoms with Crippen LogP contribution in [0.25, 0.3) is 0 Å². The topological polar surface area (TPSA) is 52.5 Å². The number of hydrogen-bond donors (Lipinski definition) is 1. The van der Waals surface area contributed by atoms with E-state index >= 15 is 0 Å². The van der Waals surface area contributed by atoms with E-state index in [1.54, 1.807) is 12.3 Å². The van der Waals surface area contributed by atoms with Crippen molar-refractivity contribution in [1.82, 2.24) is 14.9 Å². The summed E-state index contributed by atoms with van der Waals surface area (Å²) in [6, 6.07) is 2.40. The Hall–Kier alpha value is -1.20. The van der Waals surface area contributed by atoms with Crippen LogP contribution in [-0.4, -0.2) is 52.2 Å². The van der Waals surface area contributed by atoms with Crippen LogP contribution in [-0.2, 0) is 6.61 Å². The fraction of sp³-hybridized carbons (Fsp3) is 0.692. The first-order valence-corrected chi connectivity index (χ1v) is 6.66. The Morgan fingerprint density at radius 3 is 2.67 bits per heavy atom. The summed E-state index contributed by atoms with van der Waals surface area (Å²) < 4.78 is 0. The van der Waals surface area contributed by atoms with Crippen molar-refractivity contribution in [2.45, 2.75) is 32.9 Å². The van der Waals surface area contributed by atoms with Gasteiger partial charge in [-0.1, -0.05) is 6.92 Å². The molecule has 1 aliphatic rings. The molecule has 1 aromatic rings. The molecule has 1 unspecified atom stereocenters. The monoisotopic (exact) mass is 250 g/mol. The third-order valence-corrected chi connectivity index (χ3v) is 3.67. The molecular formula is C13H22N4O. The molecule has 18 heavy (non-hydrogen) atoms.